The Hall–Kier alpha value is -1.94. The van der Waals surface area contributed by atoms with Crippen LogP contribution in [0, 0.1) is 0 Å². The first-order chi connectivity index (χ1) is 11.3. The zero-order valence-electron chi connectivity index (χ0n) is 14.0. The molecule has 0 saturated carbocycles. The van der Waals surface area contributed by atoms with Gasteiger partial charge in [0.1, 0.15) is 0 Å². The number of carbonyl (C=O) groups is 2. The molecule has 140 valence electrons. The summed E-state index contributed by atoms with van der Waals surface area (Å²) in [6, 6.07) is 5.17. The molecule has 0 fully saturated rings. The second kappa shape index (κ2) is 7.96. The number of rotatable bonds is 7. The minimum atomic E-state index is -4.40. The van der Waals surface area contributed by atoms with Gasteiger partial charge in [-0.1, -0.05) is 12.1 Å². The van der Waals surface area contributed by atoms with E-state index < -0.39 is 41.6 Å². The molecule has 0 aromatic heterocycles. The Morgan fingerprint density at radius 3 is 2.04 bits per heavy atom. The predicted octanol–water partition coefficient (Wildman–Crippen LogP) is 1.92. The lowest BCUT2D eigenvalue weighted by Crippen LogP contribution is -2.40. The summed E-state index contributed by atoms with van der Waals surface area (Å²) in [5.41, 5.74) is 0.338. The van der Waals surface area contributed by atoms with Gasteiger partial charge < -0.3 is 4.90 Å². The number of sulfonamides is 1. The minimum absolute atomic E-state index is 0.120. The number of alkyl halides is 3. The number of carbonyl (C=O) groups excluding carboxylic acids is 2. The van der Waals surface area contributed by atoms with E-state index in [4.69, 9.17) is 0 Å². The molecule has 0 heterocycles. The highest BCUT2D eigenvalue weighted by Crippen LogP contribution is 2.20. The Kier molecular flexibility index (Phi) is 6.72. The maximum absolute atomic E-state index is 12.4. The first kappa shape index (κ1) is 21.1. The first-order valence-electron chi connectivity index (χ1n) is 7.22. The largest absolute Gasteiger partial charge is 0.390 e. The van der Waals surface area contributed by atoms with E-state index in [9.17, 15) is 31.2 Å². The maximum atomic E-state index is 12.4. The summed E-state index contributed by atoms with van der Waals surface area (Å²) >= 11 is 0. The Morgan fingerprint density at radius 1 is 1.08 bits per heavy atom. The predicted molar refractivity (Wildman–Crippen MR) is 84.6 cm³/mol. The summed E-state index contributed by atoms with van der Waals surface area (Å²) in [7, 11) is -1.67. The lowest BCUT2D eigenvalue weighted by atomic mass is 10.2. The number of halogens is 3. The first-order valence-corrected chi connectivity index (χ1v) is 8.66. The Balaban J connectivity index is 2.78. The van der Waals surface area contributed by atoms with Crippen molar-refractivity contribution in [3.63, 3.8) is 0 Å². The van der Waals surface area contributed by atoms with Gasteiger partial charge in [0.15, 0.2) is 5.78 Å². The smallest absolute Gasteiger partial charge is 0.344 e. The zero-order valence-corrected chi connectivity index (χ0v) is 14.8. The molecule has 0 saturated heterocycles. The van der Waals surface area contributed by atoms with Crippen LogP contribution in [0.15, 0.2) is 29.2 Å². The van der Waals surface area contributed by atoms with Gasteiger partial charge in [0.25, 0.3) is 0 Å². The fourth-order valence-electron chi connectivity index (χ4n) is 1.86. The van der Waals surface area contributed by atoms with Gasteiger partial charge in [0, 0.05) is 26.2 Å². The highest BCUT2D eigenvalue weighted by Gasteiger charge is 2.29. The van der Waals surface area contributed by atoms with Gasteiger partial charge in [-0.25, -0.2) is 8.42 Å². The van der Waals surface area contributed by atoms with Crippen LogP contribution in [0.2, 0.25) is 0 Å². The number of hydrogen-bond acceptors (Lipinski definition) is 4. The highest BCUT2D eigenvalue weighted by atomic mass is 32.2. The van der Waals surface area contributed by atoms with Crippen LogP contribution in [-0.2, 0) is 14.8 Å². The van der Waals surface area contributed by atoms with Crippen LogP contribution in [0.1, 0.15) is 23.7 Å². The molecule has 6 nitrogen and oxygen atoms in total. The Morgan fingerprint density at radius 2 is 1.60 bits per heavy atom. The van der Waals surface area contributed by atoms with Gasteiger partial charge >= 0.3 is 6.18 Å². The Labute approximate surface area is 144 Å². The number of ketones is 1. The fraction of sp³-hybridized carbons (Fsp3) is 0.467. The number of benzene rings is 1. The average molecular weight is 380 g/mol. The molecule has 0 bridgehead atoms. The van der Waals surface area contributed by atoms with Crippen LogP contribution in [0.3, 0.4) is 0 Å². The highest BCUT2D eigenvalue weighted by molar-refractivity contribution is 7.89. The molecule has 25 heavy (non-hydrogen) atoms. The fourth-order valence-corrected chi connectivity index (χ4v) is 2.98. The molecule has 1 aromatic carbocycles. The minimum Gasteiger partial charge on any atom is -0.344 e. The topological polar surface area (TPSA) is 74.8 Å². The van der Waals surface area contributed by atoms with Gasteiger partial charge in [0.2, 0.25) is 15.9 Å². The second-order valence-corrected chi connectivity index (χ2v) is 7.57. The van der Waals surface area contributed by atoms with Crippen molar-refractivity contribution in [3.05, 3.63) is 29.8 Å². The molecule has 10 heteroatoms. The molecule has 0 atom stereocenters. The lowest BCUT2D eigenvalue weighted by Gasteiger charge is -2.22. The number of Topliss-reactive ketones (excluding diaryl/α,β-unsaturated/α-hetero) is 1. The van der Waals surface area contributed by atoms with Crippen molar-refractivity contribution in [2.24, 2.45) is 0 Å². The molecular formula is C15H19F3N2O4S. The van der Waals surface area contributed by atoms with Gasteiger partial charge in [-0.3, -0.25) is 9.59 Å². The van der Waals surface area contributed by atoms with E-state index in [2.05, 4.69) is 0 Å². The lowest BCUT2D eigenvalue weighted by molar-refractivity contribution is -0.144. The van der Waals surface area contributed by atoms with E-state index in [1.807, 2.05) is 0 Å². The molecule has 0 spiro atoms. The SMILES string of the molecule is CC(=O)c1ccc(S(=O)(=O)N(C)CC(=O)N(C)CCC(F)(F)F)cc1. The van der Waals surface area contributed by atoms with Gasteiger partial charge in [-0.15, -0.1) is 0 Å². The van der Waals surface area contributed by atoms with Crippen molar-refractivity contribution >= 4 is 21.7 Å². The summed E-state index contributed by atoms with van der Waals surface area (Å²) in [6.45, 7) is 0.194. The van der Waals surface area contributed by atoms with E-state index >= 15 is 0 Å². The number of nitrogens with zero attached hydrogens (tertiary/aromatic N) is 2. The third-order valence-corrected chi connectivity index (χ3v) is 5.30. The standard InChI is InChI=1S/C15H19F3N2O4S/c1-11(21)12-4-6-13(7-5-12)25(23,24)20(3)10-14(22)19(2)9-8-15(16,17)18/h4-7H,8-10H2,1-3H3. The van der Waals surface area contributed by atoms with Crippen LogP contribution >= 0.6 is 0 Å². The summed E-state index contributed by atoms with van der Waals surface area (Å²) in [5.74, 6) is -0.977. The summed E-state index contributed by atoms with van der Waals surface area (Å²) < 4.78 is 62.0. The van der Waals surface area contributed by atoms with Crippen molar-refractivity contribution < 1.29 is 31.2 Å². The van der Waals surface area contributed by atoms with Crippen molar-refractivity contribution in [1.82, 2.24) is 9.21 Å². The summed E-state index contributed by atoms with van der Waals surface area (Å²) in [6.07, 6.45) is -5.57. The molecule has 1 rings (SSSR count). The van der Waals surface area contributed by atoms with Gasteiger partial charge in [-0.2, -0.15) is 17.5 Å². The number of amides is 1. The zero-order chi connectivity index (χ0) is 19.4. The summed E-state index contributed by atoms with van der Waals surface area (Å²) in [4.78, 5) is 23.8. The molecule has 0 aliphatic heterocycles. The molecule has 0 aliphatic rings. The Bertz CT molecular complexity index is 730. The van der Waals surface area contributed by atoms with E-state index in [-0.39, 0.29) is 10.7 Å². The molecule has 0 unspecified atom stereocenters. The average Bonchev–Trinajstić information content (AvgIpc) is 2.51. The van der Waals surface area contributed by atoms with E-state index in [0.717, 1.165) is 16.3 Å². The third-order valence-electron chi connectivity index (χ3n) is 3.48. The number of hydrogen-bond donors (Lipinski definition) is 0. The normalized spacial score (nSPS) is 12.3. The number of likely N-dealkylation sites (N-methyl/N-ethyl adjacent to an activating group) is 2. The van der Waals surface area contributed by atoms with E-state index in [0.29, 0.717) is 5.56 Å². The van der Waals surface area contributed by atoms with Crippen LogP contribution in [-0.4, -0.2) is 62.7 Å². The molecule has 0 aliphatic carbocycles. The van der Waals surface area contributed by atoms with Crippen LogP contribution < -0.4 is 0 Å². The maximum Gasteiger partial charge on any atom is 0.390 e. The quantitative estimate of drug-likeness (QED) is 0.678. The van der Waals surface area contributed by atoms with Crippen LogP contribution in [0.25, 0.3) is 0 Å². The third kappa shape index (κ3) is 6.13. The van der Waals surface area contributed by atoms with Crippen molar-refractivity contribution in [2.75, 3.05) is 27.2 Å². The van der Waals surface area contributed by atoms with Crippen LogP contribution in [0.4, 0.5) is 13.2 Å². The monoisotopic (exact) mass is 380 g/mol. The van der Waals surface area contributed by atoms with Gasteiger partial charge in [0.05, 0.1) is 17.9 Å². The van der Waals surface area contributed by atoms with Crippen molar-refractivity contribution in [1.29, 1.82) is 0 Å². The van der Waals surface area contributed by atoms with E-state index in [1.165, 1.54) is 38.2 Å². The van der Waals surface area contributed by atoms with Crippen molar-refractivity contribution in [2.45, 2.75) is 24.4 Å². The second-order valence-electron chi connectivity index (χ2n) is 5.52. The van der Waals surface area contributed by atoms with Crippen LogP contribution in [0.5, 0.6) is 0 Å². The van der Waals surface area contributed by atoms with E-state index in [1.54, 1.807) is 0 Å². The molecule has 1 aromatic rings. The molecule has 1 amide bonds. The molecule has 0 N–H and O–H groups in total. The molecule has 0 radical (unpaired) electrons. The van der Waals surface area contributed by atoms with Crippen molar-refractivity contribution in [3.8, 4) is 0 Å². The summed E-state index contributed by atoms with van der Waals surface area (Å²) in [5, 5.41) is 0. The molecular weight excluding hydrogens is 361 g/mol. The van der Waals surface area contributed by atoms with Gasteiger partial charge in [-0.05, 0) is 19.1 Å².